The number of aromatic nitrogens is 2. The molecule has 2 saturated heterocycles. The van der Waals surface area contributed by atoms with Crippen LogP contribution in [0.1, 0.15) is 28.2 Å². The highest BCUT2D eigenvalue weighted by Crippen LogP contribution is 2.24. The fourth-order valence-electron chi connectivity index (χ4n) is 5.10. The first-order chi connectivity index (χ1) is 19.4. The van der Waals surface area contributed by atoms with Gasteiger partial charge in [0.1, 0.15) is 18.2 Å². The number of benzene rings is 2. The summed E-state index contributed by atoms with van der Waals surface area (Å²) >= 11 is 5.84. The summed E-state index contributed by atoms with van der Waals surface area (Å²) in [6, 6.07) is 9.60. The number of carboxylic acid groups (broad SMARTS) is 1. The van der Waals surface area contributed by atoms with Crippen LogP contribution in [0, 0.1) is 5.82 Å². The molecule has 0 saturated carbocycles. The Kier molecular flexibility index (Phi) is 7.70. The van der Waals surface area contributed by atoms with Crippen molar-refractivity contribution in [3.8, 4) is 0 Å². The first-order valence-corrected chi connectivity index (χ1v) is 13.7. The van der Waals surface area contributed by atoms with E-state index >= 15 is 0 Å². The van der Waals surface area contributed by atoms with Gasteiger partial charge in [-0.2, -0.15) is 0 Å². The summed E-state index contributed by atoms with van der Waals surface area (Å²) in [4.78, 5) is 25.6. The quantitative estimate of drug-likeness (QED) is 0.404. The van der Waals surface area contributed by atoms with Crippen LogP contribution in [0.5, 0.6) is 0 Å². The topological polar surface area (TPSA) is 104 Å². The van der Waals surface area contributed by atoms with Gasteiger partial charge in [-0.05, 0) is 36.8 Å². The van der Waals surface area contributed by atoms with Gasteiger partial charge >= 0.3 is 5.97 Å². The predicted octanol–water partition coefficient (Wildman–Crippen LogP) is 3.45. The van der Waals surface area contributed by atoms with E-state index in [0.717, 1.165) is 56.1 Å². The molecule has 1 aromatic heterocycles. The smallest absolute Gasteiger partial charge is 0.335 e. The molecule has 10 nitrogen and oxygen atoms in total. The number of nitrogens with one attached hydrogen (secondary N) is 1. The molecule has 0 radical (unpaired) electrons. The number of aliphatic imine (C=N–C) groups is 1. The lowest BCUT2D eigenvalue weighted by molar-refractivity contribution is -0.0592. The molecule has 2 aromatic carbocycles. The Morgan fingerprint density at radius 1 is 1.20 bits per heavy atom. The standard InChI is InChI=1S/C28H30ClFN6O4/c29-20-3-1-19(22(30)14-20)17-40-26-5-7-31-28(33-26)35-10-8-34(9-11-35)16-25-32-23-4-2-18(27(37)38)13-24(23)36(25)15-21-6-12-39-21/h1-5,7,13-14,21,28,33H,6,8-12,15-17H2,(H,37,38)/t21-,28?/m0/s1. The lowest BCUT2D eigenvalue weighted by Crippen LogP contribution is -2.54. The Hall–Kier alpha value is -3.51. The van der Waals surface area contributed by atoms with Crippen molar-refractivity contribution in [3.05, 3.63) is 76.1 Å². The van der Waals surface area contributed by atoms with Gasteiger partial charge in [0, 0.05) is 55.7 Å². The number of nitrogens with zero attached hydrogens (tertiary/aromatic N) is 5. The molecule has 1 unspecified atom stereocenters. The number of allylic oxidation sites excluding steroid dienone is 1. The van der Waals surface area contributed by atoms with Gasteiger partial charge in [-0.1, -0.05) is 17.7 Å². The lowest BCUT2D eigenvalue weighted by Gasteiger charge is -2.38. The second-order valence-corrected chi connectivity index (χ2v) is 10.5. The fraction of sp³-hybridized carbons (Fsp3) is 0.393. The summed E-state index contributed by atoms with van der Waals surface area (Å²) in [7, 11) is 0. The second-order valence-electron chi connectivity index (χ2n) is 10.1. The molecule has 3 aromatic rings. The summed E-state index contributed by atoms with van der Waals surface area (Å²) < 4.78 is 27.7. The van der Waals surface area contributed by atoms with Crippen molar-refractivity contribution >= 4 is 34.8 Å². The van der Waals surface area contributed by atoms with E-state index in [2.05, 4.69) is 24.7 Å². The number of ether oxygens (including phenoxy) is 2. The molecule has 4 heterocycles. The van der Waals surface area contributed by atoms with Gasteiger partial charge < -0.3 is 24.5 Å². The molecule has 2 atom stereocenters. The van der Waals surface area contributed by atoms with Crippen LogP contribution in [0.15, 0.2) is 53.3 Å². The van der Waals surface area contributed by atoms with Crippen molar-refractivity contribution < 1.29 is 23.8 Å². The maximum atomic E-state index is 14.1. The summed E-state index contributed by atoms with van der Waals surface area (Å²) in [6.07, 6.45) is 4.27. The molecule has 12 heteroatoms. The molecule has 0 amide bonds. The third-order valence-electron chi connectivity index (χ3n) is 7.49. The molecule has 0 spiro atoms. The van der Waals surface area contributed by atoms with Crippen molar-refractivity contribution in [3.63, 3.8) is 0 Å². The van der Waals surface area contributed by atoms with Gasteiger partial charge in [0.25, 0.3) is 0 Å². The van der Waals surface area contributed by atoms with E-state index in [1.165, 1.54) is 6.07 Å². The average Bonchev–Trinajstić information content (AvgIpc) is 3.26. The van der Waals surface area contributed by atoms with Crippen LogP contribution in [0.2, 0.25) is 5.02 Å². The lowest BCUT2D eigenvalue weighted by atomic mass is 10.1. The van der Waals surface area contributed by atoms with Gasteiger partial charge in [-0.15, -0.1) is 0 Å². The average molecular weight is 569 g/mol. The van der Waals surface area contributed by atoms with Gasteiger partial charge in [0.15, 0.2) is 12.2 Å². The van der Waals surface area contributed by atoms with Crippen LogP contribution in [-0.4, -0.2) is 81.8 Å². The van der Waals surface area contributed by atoms with Crippen molar-refractivity contribution in [1.82, 2.24) is 24.7 Å². The van der Waals surface area contributed by atoms with Crippen LogP contribution in [0.25, 0.3) is 11.0 Å². The zero-order valence-electron chi connectivity index (χ0n) is 21.8. The number of fused-ring (bicyclic) bond motifs is 1. The van der Waals surface area contributed by atoms with Crippen molar-refractivity contribution in [1.29, 1.82) is 0 Å². The summed E-state index contributed by atoms with van der Waals surface area (Å²) in [5.41, 5.74) is 2.28. The number of aromatic carboxylic acids is 1. The Morgan fingerprint density at radius 2 is 2.02 bits per heavy atom. The monoisotopic (exact) mass is 568 g/mol. The summed E-state index contributed by atoms with van der Waals surface area (Å²) in [5.74, 6) is 0.0841. The number of hydrogen-bond donors (Lipinski definition) is 2. The number of piperazine rings is 1. The molecule has 2 N–H and O–H groups in total. The van der Waals surface area contributed by atoms with Crippen molar-refractivity contribution in [2.75, 3.05) is 32.8 Å². The third-order valence-corrected chi connectivity index (χ3v) is 7.73. The fourth-order valence-corrected chi connectivity index (χ4v) is 5.26. The number of carbonyl (C=O) groups is 1. The zero-order chi connectivity index (χ0) is 27.6. The highest BCUT2D eigenvalue weighted by atomic mass is 35.5. The minimum absolute atomic E-state index is 0.0804. The van der Waals surface area contributed by atoms with Gasteiger partial charge in [0.2, 0.25) is 0 Å². The van der Waals surface area contributed by atoms with Gasteiger partial charge in [0.05, 0.1) is 35.8 Å². The van der Waals surface area contributed by atoms with Crippen LogP contribution in [0.4, 0.5) is 4.39 Å². The Labute approximate surface area is 235 Å². The number of carboxylic acids is 1. The molecule has 210 valence electrons. The zero-order valence-corrected chi connectivity index (χ0v) is 22.6. The van der Waals surface area contributed by atoms with Crippen molar-refractivity contribution in [2.45, 2.75) is 38.5 Å². The van der Waals surface area contributed by atoms with E-state index in [0.29, 0.717) is 29.6 Å². The Balaban J connectivity index is 1.06. The molecule has 6 rings (SSSR count). The van der Waals surface area contributed by atoms with E-state index in [1.807, 2.05) is 0 Å². The largest absolute Gasteiger partial charge is 0.478 e. The maximum Gasteiger partial charge on any atom is 0.335 e. The first kappa shape index (κ1) is 26.7. The Bertz CT molecular complexity index is 1460. The number of imidazole rings is 1. The van der Waals surface area contributed by atoms with Crippen molar-refractivity contribution in [2.24, 2.45) is 4.99 Å². The van der Waals surface area contributed by atoms with Crippen LogP contribution < -0.4 is 5.32 Å². The molecule has 2 fully saturated rings. The summed E-state index contributed by atoms with van der Waals surface area (Å²) in [6.45, 7) is 5.33. The molecule has 0 aliphatic carbocycles. The number of rotatable bonds is 9. The van der Waals surface area contributed by atoms with E-state index in [1.54, 1.807) is 42.6 Å². The van der Waals surface area contributed by atoms with Crippen LogP contribution >= 0.6 is 11.6 Å². The third kappa shape index (κ3) is 5.83. The molecule has 40 heavy (non-hydrogen) atoms. The second kappa shape index (κ2) is 11.5. The highest BCUT2D eigenvalue weighted by molar-refractivity contribution is 6.30. The minimum Gasteiger partial charge on any atom is -0.478 e. The van der Waals surface area contributed by atoms with E-state index in [4.69, 9.17) is 26.1 Å². The van der Waals surface area contributed by atoms with Crippen LogP contribution in [0.3, 0.4) is 0 Å². The molecular weight excluding hydrogens is 539 g/mol. The minimum atomic E-state index is -0.952. The SMILES string of the molecule is O=C(O)c1ccc2nc(CN3CCN(C4N=CC=C(OCc5ccc(Cl)cc5F)N4)CC3)n(C[C@@H]3CCO3)c2c1. The van der Waals surface area contributed by atoms with E-state index in [-0.39, 0.29) is 24.6 Å². The number of hydrogen-bond acceptors (Lipinski definition) is 8. The summed E-state index contributed by atoms with van der Waals surface area (Å²) in [5, 5.41) is 13.1. The molecule has 0 bridgehead atoms. The molecule has 3 aliphatic heterocycles. The van der Waals surface area contributed by atoms with Gasteiger partial charge in [-0.25, -0.2) is 14.2 Å². The van der Waals surface area contributed by atoms with E-state index < -0.39 is 11.8 Å². The van der Waals surface area contributed by atoms with Gasteiger partial charge in [-0.3, -0.25) is 14.8 Å². The maximum absolute atomic E-state index is 14.1. The predicted molar refractivity (Wildman–Crippen MR) is 148 cm³/mol. The highest BCUT2D eigenvalue weighted by Gasteiger charge is 2.27. The first-order valence-electron chi connectivity index (χ1n) is 13.3. The van der Waals surface area contributed by atoms with Crippen LogP contribution in [-0.2, 0) is 29.2 Å². The molecule has 3 aliphatic rings. The molecular formula is C28H30ClFN6O4. The number of halogens is 2. The normalized spacial score (nSPS) is 21.6. The van der Waals surface area contributed by atoms with E-state index in [9.17, 15) is 14.3 Å². The Morgan fingerprint density at radius 3 is 2.75 bits per heavy atom.